The third-order valence-corrected chi connectivity index (χ3v) is 4.42. The van der Waals surface area contributed by atoms with Crippen molar-refractivity contribution in [2.24, 2.45) is 0 Å². The van der Waals surface area contributed by atoms with E-state index in [9.17, 15) is 17.6 Å². The van der Waals surface area contributed by atoms with Crippen LogP contribution in [0.1, 0.15) is 35.6 Å². The zero-order chi connectivity index (χ0) is 18.0. The number of rotatable bonds is 2. The largest absolute Gasteiger partial charge is 0.433 e. The number of alkyl halides is 3. The van der Waals surface area contributed by atoms with Crippen LogP contribution >= 0.6 is 0 Å². The maximum absolute atomic E-state index is 13.0. The molecule has 0 bridgehead atoms. The minimum Gasteiger partial charge on any atom is -0.355 e. The van der Waals surface area contributed by atoms with Crippen molar-refractivity contribution in [1.29, 1.82) is 5.26 Å². The minimum atomic E-state index is -4.55. The molecule has 0 unspecified atom stereocenters. The number of hydrogen-bond donors (Lipinski definition) is 0. The molecule has 25 heavy (non-hydrogen) atoms. The fourth-order valence-electron chi connectivity index (χ4n) is 3.09. The van der Waals surface area contributed by atoms with Gasteiger partial charge < -0.3 is 4.90 Å². The van der Waals surface area contributed by atoms with Crippen LogP contribution in [0, 0.1) is 17.1 Å². The Balaban J connectivity index is 1.78. The molecule has 0 spiro atoms. The van der Waals surface area contributed by atoms with Gasteiger partial charge in [-0.05, 0) is 48.6 Å². The Bertz CT molecular complexity index is 785. The van der Waals surface area contributed by atoms with Crippen molar-refractivity contribution in [2.75, 3.05) is 18.0 Å². The van der Waals surface area contributed by atoms with E-state index in [0.29, 0.717) is 25.9 Å². The van der Waals surface area contributed by atoms with Gasteiger partial charge in [0.15, 0.2) is 0 Å². The van der Waals surface area contributed by atoms with E-state index in [1.807, 2.05) is 6.07 Å². The molecule has 0 N–H and O–H groups in total. The lowest BCUT2D eigenvalue weighted by Gasteiger charge is -2.33. The molecule has 0 saturated carbocycles. The molecule has 7 heteroatoms. The van der Waals surface area contributed by atoms with Crippen LogP contribution in [-0.2, 0) is 6.18 Å². The summed E-state index contributed by atoms with van der Waals surface area (Å²) >= 11 is 0. The molecule has 1 fully saturated rings. The van der Waals surface area contributed by atoms with E-state index in [-0.39, 0.29) is 23.1 Å². The van der Waals surface area contributed by atoms with Gasteiger partial charge >= 0.3 is 6.18 Å². The Hall–Kier alpha value is -2.62. The van der Waals surface area contributed by atoms with Gasteiger partial charge in [0, 0.05) is 13.1 Å². The van der Waals surface area contributed by atoms with Gasteiger partial charge in [-0.15, -0.1) is 0 Å². The maximum Gasteiger partial charge on any atom is 0.433 e. The van der Waals surface area contributed by atoms with Gasteiger partial charge in [-0.1, -0.05) is 12.1 Å². The third-order valence-electron chi connectivity index (χ3n) is 4.42. The second kappa shape index (κ2) is 6.71. The van der Waals surface area contributed by atoms with Crippen molar-refractivity contribution in [1.82, 2.24) is 4.98 Å². The van der Waals surface area contributed by atoms with E-state index in [2.05, 4.69) is 4.98 Å². The topological polar surface area (TPSA) is 39.9 Å². The third kappa shape index (κ3) is 3.73. The molecule has 1 aromatic heterocycles. The highest BCUT2D eigenvalue weighted by Crippen LogP contribution is 2.34. The second-order valence-corrected chi connectivity index (χ2v) is 5.99. The number of nitriles is 1. The average Bonchev–Trinajstić information content (AvgIpc) is 2.61. The molecular weight excluding hydrogens is 334 g/mol. The van der Waals surface area contributed by atoms with Crippen molar-refractivity contribution < 1.29 is 17.6 Å². The summed E-state index contributed by atoms with van der Waals surface area (Å²) in [6, 6.07) is 10.2. The number of benzene rings is 1. The first-order chi connectivity index (χ1) is 11.9. The SMILES string of the molecule is N#Cc1ccc(C(F)(F)F)nc1N1CCC(c2ccc(F)cc2)CC1. The summed E-state index contributed by atoms with van der Waals surface area (Å²) in [7, 11) is 0. The van der Waals surface area contributed by atoms with E-state index in [1.165, 1.54) is 12.1 Å². The first kappa shape index (κ1) is 17.2. The number of pyridine rings is 1. The first-order valence-electron chi connectivity index (χ1n) is 7.87. The van der Waals surface area contributed by atoms with Gasteiger partial charge in [0.05, 0.1) is 5.56 Å². The summed E-state index contributed by atoms with van der Waals surface area (Å²) in [5.74, 6) is -0.00363. The monoisotopic (exact) mass is 349 g/mol. The molecule has 130 valence electrons. The van der Waals surface area contributed by atoms with Gasteiger partial charge in [0.1, 0.15) is 23.4 Å². The predicted molar refractivity (Wildman–Crippen MR) is 84.5 cm³/mol. The number of piperidine rings is 1. The fraction of sp³-hybridized carbons (Fsp3) is 0.333. The van der Waals surface area contributed by atoms with Crippen LogP contribution in [0.25, 0.3) is 0 Å². The van der Waals surface area contributed by atoms with Crippen molar-refractivity contribution in [3.63, 3.8) is 0 Å². The molecule has 0 aliphatic carbocycles. The van der Waals surface area contributed by atoms with Crippen molar-refractivity contribution >= 4 is 5.82 Å². The van der Waals surface area contributed by atoms with Crippen LogP contribution in [0.2, 0.25) is 0 Å². The summed E-state index contributed by atoms with van der Waals surface area (Å²) < 4.78 is 51.7. The van der Waals surface area contributed by atoms with Crippen LogP contribution in [0.5, 0.6) is 0 Å². The van der Waals surface area contributed by atoms with Crippen molar-refractivity contribution in [2.45, 2.75) is 24.9 Å². The first-order valence-corrected chi connectivity index (χ1v) is 7.87. The highest BCUT2D eigenvalue weighted by Gasteiger charge is 2.34. The van der Waals surface area contributed by atoms with Crippen LogP contribution in [0.4, 0.5) is 23.4 Å². The molecular formula is C18H15F4N3. The molecule has 2 heterocycles. The lowest BCUT2D eigenvalue weighted by atomic mass is 9.89. The van der Waals surface area contributed by atoms with E-state index in [0.717, 1.165) is 17.7 Å². The highest BCUT2D eigenvalue weighted by atomic mass is 19.4. The van der Waals surface area contributed by atoms with Gasteiger partial charge in [-0.3, -0.25) is 0 Å². The summed E-state index contributed by atoms with van der Waals surface area (Å²) in [5, 5.41) is 9.17. The molecule has 3 rings (SSSR count). The predicted octanol–water partition coefficient (Wildman–Crippen LogP) is 4.50. The highest BCUT2D eigenvalue weighted by molar-refractivity contribution is 5.55. The molecule has 0 radical (unpaired) electrons. The van der Waals surface area contributed by atoms with E-state index in [4.69, 9.17) is 5.26 Å². The summed E-state index contributed by atoms with van der Waals surface area (Å²) in [6.45, 7) is 0.982. The summed E-state index contributed by atoms with van der Waals surface area (Å²) in [6.07, 6.45) is -3.14. The quantitative estimate of drug-likeness (QED) is 0.750. The van der Waals surface area contributed by atoms with Crippen molar-refractivity contribution in [3.8, 4) is 6.07 Å². The summed E-state index contributed by atoms with van der Waals surface area (Å²) in [4.78, 5) is 5.39. The number of anilines is 1. The molecule has 1 aliphatic rings. The van der Waals surface area contributed by atoms with E-state index in [1.54, 1.807) is 17.0 Å². The number of hydrogen-bond acceptors (Lipinski definition) is 3. The zero-order valence-corrected chi connectivity index (χ0v) is 13.2. The number of nitrogens with zero attached hydrogens (tertiary/aromatic N) is 3. The second-order valence-electron chi connectivity index (χ2n) is 5.99. The summed E-state index contributed by atoms with van der Waals surface area (Å²) in [5.41, 5.74) is 0.147. The van der Waals surface area contributed by atoms with Crippen molar-refractivity contribution in [3.05, 3.63) is 59.0 Å². The number of halogens is 4. The maximum atomic E-state index is 13.0. The molecule has 3 nitrogen and oxygen atoms in total. The molecule has 1 aromatic carbocycles. The Labute approximate surface area is 142 Å². The Morgan fingerprint density at radius 1 is 1.04 bits per heavy atom. The molecule has 0 amide bonds. The molecule has 1 aliphatic heterocycles. The lowest BCUT2D eigenvalue weighted by Crippen LogP contribution is -2.34. The van der Waals surface area contributed by atoms with Crippen LogP contribution < -0.4 is 4.90 Å². The number of aromatic nitrogens is 1. The molecule has 2 aromatic rings. The van der Waals surface area contributed by atoms with Gasteiger partial charge in [0.25, 0.3) is 0 Å². The van der Waals surface area contributed by atoms with Gasteiger partial charge in [0.2, 0.25) is 0 Å². The van der Waals surface area contributed by atoms with E-state index >= 15 is 0 Å². The van der Waals surface area contributed by atoms with Crippen LogP contribution in [0.3, 0.4) is 0 Å². The smallest absolute Gasteiger partial charge is 0.355 e. The molecule has 1 saturated heterocycles. The Morgan fingerprint density at radius 3 is 2.24 bits per heavy atom. The lowest BCUT2D eigenvalue weighted by molar-refractivity contribution is -0.141. The standard InChI is InChI=1S/C18H15F4N3/c19-15-4-1-12(2-5-15)13-7-9-25(10-8-13)17-14(11-23)3-6-16(24-17)18(20,21)22/h1-6,13H,7-10H2. The minimum absolute atomic E-state index is 0.0786. The van der Waals surface area contributed by atoms with E-state index < -0.39 is 11.9 Å². The fourth-order valence-corrected chi connectivity index (χ4v) is 3.09. The van der Waals surface area contributed by atoms with Gasteiger partial charge in [-0.25, -0.2) is 9.37 Å². The molecule has 0 atom stereocenters. The average molecular weight is 349 g/mol. The Kier molecular flexibility index (Phi) is 4.62. The van der Waals surface area contributed by atoms with Crippen LogP contribution in [0.15, 0.2) is 36.4 Å². The zero-order valence-electron chi connectivity index (χ0n) is 13.2. The Morgan fingerprint density at radius 2 is 1.68 bits per heavy atom. The van der Waals surface area contributed by atoms with Crippen LogP contribution in [-0.4, -0.2) is 18.1 Å². The normalized spacial score (nSPS) is 15.9. The van der Waals surface area contributed by atoms with Gasteiger partial charge in [-0.2, -0.15) is 18.4 Å².